The molecule has 1 aromatic carbocycles. The fourth-order valence-electron chi connectivity index (χ4n) is 2.52. The number of nitrogens with zero attached hydrogens (tertiary/aromatic N) is 1. The van der Waals surface area contributed by atoms with Gasteiger partial charge in [-0.05, 0) is 31.9 Å². The first-order valence-corrected chi connectivity index (χ1v) is 6.40. The Bertz CT molecular complexity index is 683. The number of carbonyl (C=O) groups excluding carboxylic acids is 1. The van der Waals surface area contributed by atoms with Crippen LogP contribution < -0.4 is 0 Å². The van der Waals surface area contributed by atoms with Crippen molar-refractivity contribution in [2.24, 2.45) is 0 Å². The van der Waals surface area contributed by atoms with Crippen molar-refractivity contribution in [3.05, 3.63) is 57.9 Å². The Labute approximate surface area is 117 Å². The highest BCUT2D eigenvalue weighted by Gasteiger charge is 2.22. The lowest BCUT2D eigenvalue weighted by Gasteiger charge is -2.11. The van der Waals surface area contributed by atoms with E-state index in [1.807, 2.05) is 35.8 Å². The molecule has 1 heterocycles. The molecule has 0 aliphatic carbocycles. The van der Waals surface area contributed by atoms with E-state index in [1.54, 1.807) is 13.8 Å². The van der Waals surface area contributed by atoms with Gasteiger partial charge in [0.05, 0.1) is 5.56 Å². The van der Waals surface area contributed by atoms with Crippen molar-refractivity contribution in [3.63, 3.8) is 0 Å². The molecule has 104 valence electrons. The number of hydrogen-bond acceptors (Lipinski definition) is 2. The predicted molar refractivity (Wildman–Crippen MR) is 76.5 cm³/mol. The lowest BCUT2D eigenvalue weighted by atomic mass is 10.1. The molecule has 0 unspecified atom stereocenters. The maximum absolute atomic E-state index is 11.3. The molecular weight excluding hydrogens is 254 g/mol. The molecule has 0 bridgehead atoms. The minimum absolute atomic E-state index is 0.103. The third-order valence-electron chi connectivity index (χ3n) is 3.75. The van der Waals surface area contributed by atoms with Crippen LogP contribution in [0.2, 0.25) is 0 Å². The summed E-state index contributed by atoms with van der Waals surface area (Å²) in [6.07, 6.45) is 0.625. The van der Waals surface area contributed by atoms with E-state index < -0.39 is 5.97 Å². The zero-order valence-corrected chi connectivity index (χ0v) is 11.8. The molecule has 0 fully saturated rings. The molecule has 0 aliphatic heterocycles. The fraction of sp³-hybridized carbons (Fsp3) is 0.250. The van der Waals surface area contributed by atoms with Crippen molar-refractivity contribution >= 4 is 12.3 Å². The Balaban J connectivity index is 2.56. The Morgan fingerprint density at radius 1 is 1.20 bits per heavy atom. The third-order valence-corrected chi connectivity index (χ3v) is 3.75. The van der Waals surface area contributed by atoms with Crippen LogP contribution >= 0.6 is 0 Å². The minimum Gasteiger partial charge on any atom is -0.478 e. The van der Waals surface area contributed by atoms with Gasteiger partial charge in [0.15, 0.2) is 6.29 Å². The van der Waals surface area contributed by atoms with Gasteiger partial charge in [-0.25, -0.2) is 4.79 Å². The first kappa shape index (κ1) is 14.1. The molecule has 0 saturated carbocycles. The number of benzene rings is 1. The van der Waals surface area contributed by atoms with Crippen LogP contribution in [0.1, 0.15) is 43.2 Å². The highest BCUT2D eigenvalue weighted by Crippen LogP contribution is 2.23. The number of hydrogen-bond donors (Lipinski definition) is 1. The van der Waals surface area contributed by atoms with Gasteiger partial charge in [0.2, 0.25) is 0 Å². The summed E-state index contributed by atoms with van der Waals surface area (Å²) in [5, 5.41) is 9.26. The maximum atomic E-state index is 11.3. The molecular formula is C16H17NO3. The summed E-state index contributed by atoms with van der Waals surface area (Å²) < 4.78 is 1.88. The Hall–Kier alpha value is -2.36. The zero-order chi connectivity index (χ0) is 14.9. The largest absolute Gasteiger partial charge is 0.478 e. The van der Waals surface area contributed by atoms with Crippen molar-refractivity contribution in [1.82, 2.24) is 4.57 Å². The predicted octanol–water partition coefficient (Wildman–Crippen LogP) is 2.97. The molecule has 1 aromatic heterocycles. The summed E-state index contributed by atoms with van der Waals surface area (Å²) in [4.78, 5) is 22.5. The van der Waals surface area contributed by atoms with Gasteiger partial charge in [-0.15, -0.1) is 0 Å². The Kier molecular flexibility index (Phi) is 3.74. The van der Waals surface area contributed by atoms with Crippen LogP contribution in [-0.4, -0.2) is 21.9 Å². The van der Waals surface area contributed by atoms with E-state index in [2.05, 4.69) is 0 Å². The summed E-state index contributed by atoms with van der Waals surface area (Å²) in [5.74, 6) is -1.06. The van der Waals surface area contributed by atoms with Crippen LogP contribution in [0.15, 0.2) is 24.3 Å². The van der Waals surface area contributed by atoms with Crippen molar-refractivity contribution < 1.29 is 14.7 Å². The quantitative estimate of drug-likeness (QED) is 0.870. The number of aromatic nitrogens is 1. The van der Waals surface area contributed by atoms with E-state index >= 15 is 0 Å². The molecule has 0 saturated heterocycles. The second-order valence-electron chi connectivity index (χ2n) is 4.90. The fourth-order valence-corrected chi connectivity index (χ4v) is 2.52. The highest BCUT2D eigenvalue weighted by molar-refractivity contribution is 5.99. The van der Waals surface area contributed by atoms with Gasteiger partial charge in [-0.1, -0.05) is 24.3 Å². The summed E-state index contributed by atoms with van der Waals surface area (Å²) in [6.45, 7) is 6.10. The number of carboxylic acid groups (broad SMARTS) is 1. The van der Waals surface area contributed by atoms with Gasteiger partial charge in [0.25, 0.3) is 0 Å². The molecule has 2 rings (SSSR count). The summed E-state index contributed by atoms with van der Waals surface area (Å²) in [7, 11) is 0. The average molecular weight is 271 g/mol. The summed E-state index contributed by atoms with van der Waals surface area (Å²) >= 11 is 0. The van der Waals surface area contributed by atoms with Crippen LogP contribution in [0.3, 0.4) is 0 Å². The van der Waals surface area contributed by atoms with Crippen molar-refractivity contribution in [3.8, 4) is 0 Å². The lowest BCUT2D eigenvalue weighted by molar-refractivity contribution is 0.0693. The van der Waals surface area contributed by atoms with Crippen LogP contribution in [-0.2, 0) is 6.54 Å². The molecule has 0 amide bonds. The van der Waals surface area contributed by atoms with E-state index in [-0.39, 0.29) is 11.1 Å². The number of carboxylic acids is 1. The van der Waals surface area contributed by atoms with Crippen LogP contribution in [0.5, 0.6) is 0 Å². The van der Waals surface area contributed by atoms with E-state index in [4.69, 9.17) is 0 Å². The van der Waals surface area contributed by atoms with Crippen LogP contribution in [0.4, 0.5) is 0 Å². The molecule has 4 heteroatoms. The van der Waals surface area contributed by atoms with Gasteiger partial charge in [-0.2, -0.15) is 0 Å². The number of rotatable bonds is 4. The summed E-state index contributed by atoms with van der Waals surface area (Å²) in [5.41, 5.74) is 3.93. The molecule has 0 aliphatic rings. The van der Waals surface area contributed by atoms with E-state index in [0.717, 1.165) is 11.1 Å². The lowest BCUT2D eigenvalue weighted by Crippen LogP contribution is -2.06. The second kappa shape index (κ2) is 5.33. The molecule has 2 aromatic rings. The SMILES string of the molecule is Cc1ccccc1Cn1c(C)c(C=O)c(C(=O)O)c1C. The molecule has 4 nitrogen and oxygen atoms in total. The van der Waals surface area contributed by atoms with E-state index in [9.17, 15) is 14.7 Å². The maximum Gasteiger partial charge on any atom is 0.338 e. The third kappa shape index (κ3) is 2.25. The normalized spacial score (nSPS) is 10.6. The van der Waals surface area contributed by atoms with Crippen LogP contribution in [0, 0.1) is 20.8 Å². The number of aromatic carboxylic acids is 1. The van der Waals surface area contributed by atoms with Gasteiger partial charge < -0.3 is 9.67 Å². The summed E-state index contributed by atoms with van der Waals surface area (Å²) in [6, 6.07) is 7.94. The van der Waals surface area contributed by atoms with E-state index in [1.165, 1.54) is 0 Å². The van der Waals surface area contributed by atoms with Crippen LogP contribution in [0.25, 0.3) is 0 Å². The zero-order valence-electron chi connectivity index (χ0n) is 11.8. The van der Waals surface area contributed by atoms with Gasteiger partial charge in [-0.3, -0.25) is 4.79 Å². The second-order valence-corrected chi connectivity index (χ2v) is 4.90. The smallest absolute Gasteiger partial charge is 0.338 e. The minimum atomic E-state index is -1.06. The van der Waals surface area contributed by atoms with Crippen molar-refractivity contribution in [1.29, 1.82) is 0 Å². The van der Waals surface area contributed by atoms with Crippen molar-refractivity contribution in [2.75, 3.05) is 0 Å². The molecule has 20 heavy (non-hydrogen) atoms. The molecule has 0 atom stereocenters. The first-order valence-electron chi connectivity index (χ1n) is 6.40. The first-order chi connectivity index (χ1) is 9.47. The van der Waals surface area contributed by atoms with Gasteiger partial charge >= 0.3 is 5.97 Å². The van der Waals surface area contributed by atoms with E-state index in [0.29, 0.717) is 24.2 Å². The van der Waals surface area contributed by atoms with Gasteiger partial charge in [0.1, 0.15) is 0 Å². The highest BCUT2D eigenvalue weighted by atomic mass is 16.4. The van der Waals surface area contributed by atoms with Gasteiger partial charge in [0, 0.05) is 23.5 Å². The number of carbonyl (C=O) groups is 2. The average Bonchev–Trinajstić information content (AvgIpc) is 2.65. The molecule has 1 N–H and O–H groups in total. The molecule has 0 radical (unpaired) electrons. The number of aldehydes is 1. The topological polar surface area (TPSA) is 59.3 Å². The van der Waals surface area contributed by atoms with Crippen molar-refractivity contribution in [2.45, 2.75) is 27.3 Å². The monoisotopic (exact) mass is 271 g/mol. The Morgan fingerprint density at radius 3 is 2.35 bits per heavy atom. The Morgan fingerprint density at radius 2 is 1.85 bits per heavy atom. The number of aryl methyl sites for hydroxylation is 1. The molecule has 0 spiro atoms. The standard InChI is InChI=1S/C16H17NO3/c1-10-6-4-5-7-13(10)8-17-11(2)14(9-18)15(12(17)3)16(19)20/h4-7,9H,8H2,1-3H3,(H,19,20).